The summed E-state index contributed by atoms with van der Waals surface area (Å²) in [5.41, 5.74) is 0. The Bertz CT molecular complexity index is 159. The molecule has 0 aromatic rings. The fourth-order valence-corrected chi connectivity index (χ4v) is 1.17. The molecule has 0 heterocycles. The topological polar surface area (TPSA) is 32.3 Å². The lowest BCUT2D eigenvalue weighted by molar-refractivity contribution is -0.122. The molecule has 0 rings (SSSR count). The molecule has 0 spiro atoms. The van der Waals surface area contributed by atoms with Crippen LogP contribution in [0.1, 0.15) is 40.0 Å². The van der Waals surface area contributed by atoms with Gasteiger partial charge < -0.3 is 5.32 Å². The number of likely N-dealkylation sites (N-methyl/N-ethyl adjacent to an activating group) is 1. The van der Waals surface area contributed by atoms with Crippen LogP contribution in [0.5, 0.6) is 0 Å². The van der Waals surface area contributed by atoms with Crippen LogP contribution in [0, 0.1) is 0 Å². The van der Waals surface area contributed by atoms with Gasteiger partial charge in [-0.15, -0.1) is 0 Å². The van der Waals surface area contributed by atoms with Crippen molar-refractivity contribution in [1.82, 2.24) is 10.2 Å². The zero-order chi connectivity index (χ0) is 11.0. The summed E-state index contributed by atoms with van der Waals surface area (Å²) in [5, 5.41) is 2.96. The maximum absolute atomic E-state index is 11.4. The van der Waals surface area contributed by atoms with Gasteiger partial charge in [0, 0.05) is 6.04 Å². The van der Waals surface area contributed by atoms with Crippen molar-refractivity contribution in [3.63, 3.8) is 0 Å². The molecule has 0 fully saturated rings. The number of amides is 1. The van der Waals surface area contributed by atoms with Crippen molar-refractivity contribution in [3.05, 3.63) is 0 Å². The van der Waals surface area contributed by atoms with Crippen molar-refractivity contribution >= 4 is 5.91 Å². The smallest absolute Gasteiger partial charge is 0.234 e. The molecule has 0 aliphatic heterocycles. The van der Waals surface area contributed by atoms with Gasteiger partial charge in [-0.05, 0) is 33.4 Å². The quantitative estimate of drug-likeness (QED) is 0.677. The van der Waals surface area contributed by atoms with Crippen molar-refractivity contribution < 1.29 is 4.79 Å². The van der Waals surface area contributed by atoms with E-state index in [9.17, 15) is 4.79 Å². The molecule has 1 atom stereocenters. The molecule has 0 saturated heterocycles. The molecule has 14 heavy (non-hydrogen) atoms. The second kappa shape index (κ2) is 7.80. The van der Waals surface area contributed by atoms with E-state index in [1.807, 2.05) is 14.0 Å². The molecule has 0 aromatic carbocycles. The number of hydrogen-bond acceptors (Lipinski definition) is 2. The second-order valence-corrected chi connectivity index (χ2v) is 3.97. The Hall–Kier alpha value is -0.570. The average Bonchev–Trinajstić information content (AvgIpc) is 2.14. The third kappa shape index (κ3) is 6.89. The molecule has 1 N–H and O–H groups in total. The van der Waals surface area contributed by atoms with E-state index >= 15 is 0 Å². The Balaban J connectivity index is 3.60. The van der Waals surface area contributed by atoms with Crippen molar-refractivity contribution in [1.29, 1.82) is 0 Å². The number of unbranched alkanes of at least 4 members (excludes halogenated alkanes) is 1. The van der Waals surface area contributed by atoms with Gasteiger partial charge >= 0.3 is 0 Å². The Morgan fingerprint density at radius 3 is 2.57 bits per heavy atom. The van der Waals surface area contributed by atoms with Crippen molar-refractivity contribution in [2.75, 3.05) is 20.1 Å². The van der Waals surface area contributed by atoms with Gasteiger partial charge in [-0.3, -0.25) is 9.69 Å². The molecule has 0 bridgehead atoms. The summed E-state index contributed by atoms with van der Waals surface area (Å²) in [6.45, 7) is 7.79. The van der Waals surface area contributed by atoms with Crippen LogP contribution in [0.15, 0.2) is 0 Å². The van der Waals surface area contributed by atoms with Gasteiger partial charge in [-0.2, -0.15) is 0 Å². The van der Waals surface area contributed by atoms with Crippen LogP contribution in [0.2, 0.25) is 0 Å². The van der Waals surface area contributed by atoms with Gasteiger partial charge in [0.15, 0.2) is 0 Å². The van der Waals surface area contributed by atoms with E-state index in [1.165, 1.54) is 6.42 Å². The highest BCUT2D eigenvalue weighted by atomic mass is 16.2. The molecule has 0 aliphatic carbocycles. The minimum Gasteiger partial charge on any atom is -0.353 e. The number of carbonyl (C=O) groups is 1. The van der Waals surface area contributed by atoms with E-state index in [2.05, 4.69) is 24.1 Å². The fraction of sp³-hybridized carbons (Fsp3) is 0.909. The molecular weight excluding hydrogens is 176 g/mol. The van der Waals surface area contributed by atoms with Crippen molar-refractivity contribution in [2.45, 2.75) is 46.1 Å². The molecule has 0 saturated carbocycles. The molecule has 84 valence electrons. The number of hydrogen-bond donors (Lipinski definition) is 1. The van der Waals surface area contributed by atoms with Gasteiger partial charge in [-0.1, -0.05) is 20.3 Å². The van der Waals surface area contributed by atoms with Crippen LogP contribution in [-0.4, -0.2) is 37.0 Å². The van der Waals surface area contributed by atoms with Crippen LogP contribution in [0.4, 0.5) is 0 Å². The highest BCUT2D eigenvalue weighted by Gasteiger charge is 2.07. The van der Waals surface area contributed by atoms with Crippen LogP contribution in [-0.2, 0) is 4.79 Å². The minimum absolute atomic E-state index is 0.137. The van der Waals surface area contributed by atoms with Gasteiger partial charge in [0.2, 0.25) is 5.91 Å². The Morgan fingerprint density at radius 2 is 2.07 bits per heavy atom. The van der Waals surface area contributed by atoms with Gasteiger partial charge in [-0.25, -0.2) is 0 Å². The first kappa shape index (κ1) is 13.4. The molecule has 0 aromatic heterocycles. The predicted molar refractivity (Wildman–Crippen MR) is 60.3 cm³/mol. The van der Waals surface area contributed by atoms with Gasteiger partial charge in [0.1, 0.15) is 0 Å². The zero-order valence-electron chi connectivity index (χ0n) is 9.97. The lowest BCUT2D eigenvalue weighted by Gasteiger charge is -2.17. The van der Waals surface area contributed by atoms with Crippen LogP contribution in [0.25, 0.3) is 0 Å². The summed E-state index contributed by atoms with van der Waals surface area (Å²) < 4.78 is 0. The summed E-state index contributed by atoms with van der Waals surface area (Å²) in [5.74, 6) is 0.137. The third-order valence-corrected chi connectivity index (χ3v) is 2.33. The van der Waals surface area contributed by atoms with E-state index in [0.717, 1.165) is 19.4 Å². The molecule has 1 unspecified atom stereocenters. The van der Waals surface area contributed by atoms with Crippen LogP contribution in [0.3, 0.4) is 0 Å². The predicted octanol–water partition coefficient (Wildman–Crippen LogP) is 1.63. The Kier molecular flexibility index (Phi) is 7.48. The fourth-order valence-electron chi connectivity index (χ4n) is 1.17. The van der Waals surface area contributed by atoms with Gasteiger partial charge in [0.05, 0.1) is 6.54 Å². The van der Waals surface area contributed by atoms with Crippen molar-refractivity contribution in [3.8, 4) is 0 Å². The maximum atomic E-state index is 11.4. The normalized spacial score (nSPS) is 12.9. The monoisotopic (exact) mass is 200 g/mol. The SMILES string of the molecule is CCCCN(C)CC(=O)NC(C)CC. The average molecular weight is 200 g/mol. The lowest BCUT2D eigenvalue weighted by atomic mass is 10.2. The summed E-state index contributed by atoms with van der Waals surface area (Å²) >= 11 is 0. The summed E-state index contributed by atoms with van der Waals surface area (Å²) in [6.07, 6.45) is 3.33. The lowest BCUT2D eigenvalue weighted by Crippen LogP contribution is -2.39. The van der Waals surface area contributed by atoms with E-state index in [-0.39, 0.29) is 5.91 Å². The highest BCUT2D eigenvalue weighted by molar-refractivity contribution is 5.78. The summed E-state index contributed by atoms with van der Waals surface area (Å²) in [7, 11) is 1.99. The minimum atomic E-state index is 0.137. The number of rotatable bonds is 7. The first-order valence-electron chi connectivity index (χ1n) is 5.58. The van der Waals surface area contributed by atoms with Gasteiger partial charge in [0.25, 0.3) is 0 Å². The number of carbonyl (C=O) groups excluding carboxylic acids is 1. The molecule has 0 radical (unpaired) electrons. The third-order valence-electron chi connectivity index (χ3n) is 2.33. The first-order chi connectivity index (χ1) is 6.60. The van der Waals surface area contributed by atoms with Crippen LogP contribution >= 0.6 is 0 Å². The molecule has 3 nitrogen and oxygen atoms in total. The Morgan fingerprint density at radius 1 is 1.43 bits per heavy atom. The standard InChI is InChI=1S/C11H24N2O/c1-5-7-8-13(4)9-11(14)12-10(3)6-2/h10H,5-9H2,1-4H3,(H,12,14). The number of nitrogens with zero attached hydrogens (tertiary/aromatic N) is 1. The van der Waals surface area contributed by atoms with Crippen LogP contribution < -0.4 is 5.32 Å². The van der Waals surface area contributed by atoms with E-state index in [1.54, 1.807) is 0 Å². The Labute approximate surface area is 87.9 Å². The van der Waals surface area contributed by atoms with E-state index in [4.69, 9.17) is 0 Å². The van der Waals surface area contributed by atoms with E-state index < -0.39 is 0 Å². The highest BCUT2D eigenvalue weighted by Crippen LogP contribution is 1.92. The molecule has 3 heteroatoms. The molecular formula is C11H24N2O. The second-order valence-electron chi connectivity index (χ2n) is 3.97. The largest absolute Gasteiger partial charge is 0.353 e. The molecule has 1 amide bonds. The van der Waals surface area contributed by atoms with E-state index in [0.29, 0.717) is 12.6 Å². The number of nitrogens with one attached hydrogen (secondary N) is 1. The maximum Gasteiger partial charge on any atom is 0.234 e. The molecule has 0 aliphatic rings. The zero-order valence-corrected chi connectivity index (χ0v) is 9.97. The summed E-state index contributed by atoms with van der Waals surface area (Å²) in [4.78, 5) is 13.5. The first-order valence-corrected chi connectivity index (χ1v) is 5.58. The van der Waals surface area contributed by atoms with Crippen molar-refractivity contribution in [2.24, 2.45) is 0 Å². The summed E-state index contributed by atoms with van der Waals surface area (Å²) in [6, 6.07) is 0.294.